The zero-order valence-electron chi connectivity index (χ0n) is 23.7. The lowest BCUT2D eigenvalue weighted by Gasteiger charge is -2.35. The van der Waals surface area contributed by atoms with E-state index in [0.717, 1.165) is 17.7 Å². The van der Waals surface area contributed by atoms with Crippen LogP contribution in [0.25, 0.3) is 0 Å². The molecule has 9 nitrogen and oxygen atoms in total. The zero-order chi connectivity index (χ0) is 31.0. The fraction of sp³-hybridized carbons (Fsp3) is 0.323. The maximum atomic E-state index is 13.4. The van der Waals surface area contributed by atoms with Crippen LogP contribution in [0.3, 0.4) is 0 Å². The Bertz CT molecular complexity index is 1390. The smallest absolute Gasteiger partial charge is 0.416 e. The van der Waals surface area contributed by atoms with Gasteiger partial charge in [-0.3, -0.25) is 4.90 Å². The fourth-order valence-electron chi connectivity index (χ4n) is 4.74. The lowest BCUT2D eigenvalue weighted by atomic mass is 9.99. The molecule has 1 fully saturated rings. The Hall–Kier alpha value is -4.42. The molecule has 0 saturated carbocycles. The third-order valence-corrected chi connectivity index (χ3v) is 7.00. The number of hydrogen-bond donors (Lipinski definition) is 1. The number of carbonyl (C=O) groups excluding carboxylic acids is 3. The van der Waals surface area contributed by atoms with Gasteiger partial charge in [-0.05, 0) is 41.5 Å². The molecule has 1 N–H and O–H groups in total. The maximum absolute atomic E-state index is 13.4. The van der Waals surface area contributed by atoms with E-state index in [9.17, 15) is 27.6 Å². The first-order valence-corrected chi connectivity index (χ1v) is 13.5. The Balaban J connectivity index is 1.34. The highest BCUT2D eigenvalue weighted by Crippen LogP contribution is 2.33. The van der Waals surface area contributed by atoms with Crippen LogP contribution in [0.15, 0.2) is 72.8 Å². The van der Waals surface area contributed by atoms with Crippen LogP contribution in [0.4, 0.5) is 23.7 Å². The van der Waals surface area contributed by atoms with Gasteiger partial charge in [0.2, 0.25) is 0 Å². The molecule has 0 aromatic heterocycles. The monoisotopic (exact) mass is 599 g/mol. The quantitative estimate of drug-likeness (QED) is 0.336. The average Bonchev–Trinajstić information content (AvgIpc) is 3.02. The standard InChI is InChI=1S/C31H32F3N3O6/c1-41-28(38)23-17-24(29(39)42-2)20-26(19-23)35-30(40)37-13-11-36(12-14-37)15-16-43-27(21-7-4-3-5-8-21)22-9-6-10-25(18-22)31(32,33)34/h3-10,17-20,27H,11-16H2,1-2H3,(H,35,40). The van der Waals surface area contributed by atoms with Crippen LogP contribution in [-0.2, 0) is 20.4 Å². The summed E-state index contributed by atoms with van der Waals surface area (Å²) in [4.78, 5) is 40.7. The van der Waals surface area contributed by atoms with E-state index < -0.39 is 35.8 Å². The van der Waals surface area contributed by atoms with Crippen LogP contribution in [-0.4, -0.2) is 81.3 Å². The average molecular weight is 600 g/mol. The fourth-order valence-corrected chi connectivity index (χ4v) is 4.74. The number of alkyl halides is 3. The maximum Gasteiger partial charge on any atom is 0.416 e. The Morgan fingerprint density at radius 2 is 1.42 bits per heavy atom. The summed E-state index contributed by atoms with van der Waals surface area (Å²) in [6.45, 7) is 2.68. The van der Waals surface area contributed by atoms with Gasteiger partial charge in [0.15, 0.2) is 0 Å². The number of piperazine rings is 1. The number of amides is 2. The van der Waals surface area contributed by atoms with E-state index in [2.05, 4.69) is 10.2 Å². The summed E-state index contributed by atoms with van der Waals surface area (Å²) in [7, 11) is 2.42. The summed E-state index contributed by atoms with van der Waals surface area (Å²) in [6, 6.07) is 18.0. The molecule has 12 heteroatoms. The second-order valence-corrected chi connectivity index (χ2v) is 9.83. The van der Waals surface area contributed by atoms with Crippen LogP contribution in [0.5, 0.6) is 0 Å². The first-order chi connectivity index (χ1) is 20.6. The number of urea groups is 1. The third kappa shape index (κ3) is 8.33. The van der Waals surface area contributed by atoms with Crippen LogP contribution >= 0.6 is 0 Å². The van der Waals surface area contributed by atoms with Gasteiger partial charge in [-0.25, -0.2) is 14.4 Å². The molecule has 1 unspecified atom stereocenters. The van der Waals surface area contributed by atoms with E-state index >= 15 is 0 Å². The van der Waals surface area contributed by atoms with Crippen molar-refractivity contribution in [3.63, 3.8) is 0 Å². The summed E-state index contributed by atoms with van der Waals surface area (Å²) < 4.78 is 55.7. The number of nitrogens with zero attached hydrogens (tertiary/aromatic N) is 2. The van der Waals surface area contributed by atoms with Crippen LogP contribution < -0.4 is 5.32 Å². The molecule has 1 heterocycles. The normalized spacial score (nSPS) is 14.6. The summed E-state index contributed by atoms with van der Waals surface area (Å²) in [5, 5.41) is 2.72. The Labute approximate surface area is 247 Å². The van der Waals surface area contributed by atoms with Crippen molar-refractivity contribution in [1.82, 2.24) is 9.80 Å². The van der Waals surface area contributed by atoms with Crippen molar-refractivity contribution in [3.8, 4) is 0 Å². The van der Waals surface area contributed by atoms with Crippen molar-refractivity contribution in [2.24, 2.45) is 0 Å². The minimum atomic E-state index is -4.46. The third-order valence-electron chi connectivity index (χ3n) is 7.00. The van der Waals surface area contributed by atoms with E-state index in [1.54, 1.807) is 11.0 Å². The molecule has 3 aromatic carbocycles. The molecule has 1 aliphatic heterocycles. The summed E-state index contributed by atoms with van der Waals surface area (Å²) in [5.74, 6) is -1.33. The number of anilines is 1. The molecule has 43 heavy (non-hydrogen) atoms. The molecule has 2 amide bonds. The molecular formula is C31H32F3N3O6. The highest BCUT2D eigenvalue weighted by Gasteiger charge is 2.31. The van der Waals surface area contributed by atoms with E-state index in [1.807, 2.05) is 30.3 Å². The van der Waals surface area contributed by atoms with Gasteiger partial charge in [-0.15, -0.1) is 0 Å². The number of benzene rings is 3. The van der Waals surface area contributed by atoms with Gasteiger partial charge in [0.05, 0.1) is 37.5 Å². The van der Waals surface area contributed by atoms with E-state index in [4.69, 9.17) is 14.2 Å². The molecule has 0 radical (unpaired) electrons. The molecule has 1 saturated heterocycles. The minimum absolute atomic E-state index is 0.0875. The van der Waals surface area contributed by atoms with Gasteiger partial charge < -0.3 is 24.4 Å². The highest BCUT2D eigenvalue weighted by molar-refractivity contribution is 5.99. The van der Waals surface area contributed by atoms with Crippen LogP contribution in [0, 0.1) is 0 Å². The van der Waals surface area contributed by atoms with Crippen molar-refractivity contribution < 1.29 is 41.8 Å². The van der Waals surface area contributed by atoms with Gasteiger partial charge in [0, 0.05) is 38.4 Å². The molecule has 3 aromatic rings. The molecular weight excluding hydrogens is 567 g/mol. The largest absolute Gasteiger partial charge is 0.465 e. The number of ether oxygens (including phenoxy) is 3. The molecule has 4 rings (SSSR count). The van der Waals surface area contributed by atoms with Crippen molar-refractivity contribution in [1.29, 1.82) is 0 Å². The summed E-state index contributed by atoms with van der Waals surface area (Å²) in [5.41, 5.74) is 0.839. The number of carbonyl (C=O) groups is 3. The lowest BCUT2D eigenvalue weighted by molar-refractivity contribution is -0.137. The first-order valence-electron chi connectivity index (χ1n) is 13.5. The molecule has 228 valence electrons. The van der Waals surface area contributed by atoms with Crippen LogP contribution in [0.2, 0.25) is 0 Å². The minimum Gasteiger partial charge on any atom is -0.465 e. The number of nitrogens with one attached hydrogen (secondary N) is 1. The number of hydrogen-bond acceptors (Lipinski definition) is 7. The lowest BCUT2D eigenvalue weighted by Crippen LogP contribution is -2.50. The molecule has 0 spiro atoms. The van der Waals surface area contributed by atoms with Crippen molar-refractivity contribution in [2.45, 2.75) is 12.3 Å². The zero-order valence-corrected chi connectivity index (χ0v) is 23.7. The predicted molar refractivity (Wildman–Crippen MR) is 152 cm³/mol. The first kappa shape index (κ1) is 31.5. The van der Waals surface area contributed by atoms with Crippen molar-refractivity contribution in [2.75, 3.05) is 58.9 Å². The number of esters is 2. The highest BCUT2D eigenvalue weighted by atomic mass is 19.4. The predicted octanol–water partition coefficient (Wildman–Crippen LogP) is 5.23. The van der Waals surface area contributed by atoms with Crippen LogP contribution in [0.1, 0.15) is 43.5 Å². The van der Waals surface area contributed by atoms with Gasteiger partial charge in [-0.2, -0.15) is 13.2 Å². The molecule has 1 aliphatic rings. The summed E-state index contributed by atoms with van der Waals surface area (Å²) in [6.07, 6.45) is -5.14. The number of rotatable bonds is 9. The van der Waals surface area contributed by atoms with E-state index in [1.165, 1.54) is 38.5 Å². The van der Waals surface area contributed by atoms with Gasteiger partial charge in [0.1, 0.15) is 6.10 Å². The van der Waals surface area contributed by atoms with E-state index in [-0.39, 0.29) is 23.4 Å². The topological polar surface area (TPSA) is 97.4 Å². The molecule has 0 aliphatic carbocycles. The van der Waals surface area contributed by atoms with Gasteiger partial charge >= 0.3 is 24.1 Å². The van der Waals surface area contributed by atoms with Gasteiger partial charge in [0.25, 0.3) is 0 Å². The molecule has 1 atom stereocenters. The Morgan fingerprint density at radius 3 is 2.00 bits per heavy atom. The van der Waals surface area contributed by atoms with Crippen molar-refractivity contribution in [3.05, 3.63) is 101 Å². The second kappa shape index (κ2) is 14.2. The molecule has 0 bridgehead atoms. The Morgan fingerprint density at radius 1 is 0.814 bits per heavy atom. The van der Waals surface area contributed by atoms with Crippen molar-refractivity contribution >= 4 is 23.7 Å². The second-order valence-electron chi connectivity index (χ2n) is 9.83. The van der Waals surface area contributed by atoms with E-state index in [0.29, 0.717) is 38.3 Å². The Kier molecular flexibility index (Phi) is 10.4. The number of halogens is 3. The SMILES string of the molecule is COC(=O)c1cc(NC(=O)N2CCN(CCOC(c3ccccc3)c3cccc(C(F)(F)F)c3)CC2)cc(C(=O)OC)c1. The summed E-state index contributed by atoms with van der Waals surface area (Å²) >= 11 is 0. The number of methoxy groups -OCH3 is 2. The van der Waals surface area contributed by atoms with Gasteiger partial charge in [-0.1, -0.05) is 42.5 Å².